The predicted octanol–water partition coefficient (Wildman–Crippen LogP) is 4.78. The topological polar surface area (TPSA) is 38.1 Å². The van der Waals surface area contributed by atoms with E-state index in [1.807, 2.05) is 0 Å². The van der Waals surface area contributed by atoms with Crippen LogP contribution < -0.4 is 0 Å². The molecule has 3 aliphatic rings. The van der Waals surface area contributed by atoms with E-state index < -0.39 is 0 Å². The molecule has 3 heterocycles. The molecule has 1 saturated heterocycles. The molecule has 0 radical (unpaired) electrons. The third-order valence-corrected chi connectivity index (χ3v) is 7.55. The molecule has 2 aliphatic heterocycles. The average Bonchev–Trinajstić information content (AvgIpc) is 3.17. The maximum absolute atomic E-state index is 11.4. The SMILES string of the molecule is CC(=O)Cc1ccc(-c2ccc3c(c2)nc2n3CC3CCC(C2)N3C2CCC2)cc1. The van der Waals surface area contributed by atoms with Gasteiger partial charge < -0.3 is 4.57 Å². The summed E-state index contributed by atoms with van der Waals surface area (Å²) >= 11 is 0. The molecule has 1 aliphatic carbocycles. The molecule has 4 nitrogen and oxygen atoms in total. The molecule has 3 aromatic rings. The fraction of sp³-hybridized carbons (Fsp3) is 0.462. The molecule has 2 bridgehead atoms. The first kappa shape index (κ1) is 18.3. The minimum atomic E-state index is 0.202. The molecule has 0 spiro atoms. The van der Waals surface area contributed by atoms with Crippen LogP contribution in [-0.4, -0.2) is 38.4 Å². The Balaban J connectivity index is 1.31. The van der Waals surface area contributed by atoms with Crippen LogP contribution in [0.1, 0.15) is 50.4 Å². The summed E-state index contributed by atoms with van der Waals surface area (Å²) in [4.78, 5) is 19.3. The quantitative estimate of drug-likeness (QED) is 0.634. The molecule has 2 fully saturated rings. The lowest BCUT2D eigenvalue weighted by Gasteiger charge is -2.41. The minimum Gasteiger partial charge on any atom is -0.326 e. The number of carbonyl (C=O) groups is 1. The van der Waals surface area contributed by atoms with Crippen LogP contribution in [0.4, 0.5) is 0 Å². The molecule has 2 unspecified atom stereocenters. The highest BCUT2D eigenvalue weighted by Crippen LogP contribution is 2.39. The van der Waals surface area contributed by atoms with Crippen LogP contribution in [0.2, 0.25) is 0 Å². The first-order valence-corrected chi connectivity index (χ1v) is 11.5. The fourth-order valence-corrected chi connectivity index (χ4v) is 5.90. The Labute approximate surface area is 177 Å². The van der Waals surface area contributed by atoms with Gasteiger partial charge in [0.1, 0.15) is 11.6 Å². The number of nitrogens with zero attached hydrogens (tertiary/aromatic N) is 3. The summed E-state index contributed by atoms with van der Waals surface area (Å²) in [5.41, 5.74) is 5.86. The Morgan fingerprint density at radius 1 is 0.967 bits per heavy atom. The Morgan fingerprint density at radius 3 is 2.47 bits per heavy atom. The van der Waals surface area contributed by atoms with Crippen molar-refractivity contribution >= 4 is 16.8 Å². The highest BCUT2D eigenvalue weighted by molar-refractivity contribution is 5.83. The van der Waals surface area contributed by atoms with E-state index in [-0.39, 0.29) is 5.78 Å². The maximum atomic E-state index is 11.4. The number of hydrogen-bond donors (Lipinski definition) is 0. The lowest BCUT2D eigenvalue weighted by Crippen LogP contribution is -2.48. The van der Waals surface area contributed by atoms with Gasteiger partial charge in [0.15, 0.2) is 0 Å². The van der Waals surface area contributed by atoms with Crippen LogP contribution in [0.15, 0.2) is 42.5 Å². The zero-order valence-electron chi connectivity index (χ0n) is 17.7. The van der Waals surface area contributed by atoms with E-state index in [2.05, 4.69) is 51.9 Å². The van der Waals surface area contributed by atoms with Gasteiger partial charge in [-0.25, -0.2) is 4.98 Å². The largest absolute Gasteiger partial charge is 0.326 e. The molecule has 30 heavy (non-hydrogen) atoms. The number of rotatable bonds is 4. The number of Topliss-reactive ketones (excluding diaryl/α,β-unsaturated/α-hetero) is 1. The molecule has 154 valence electrons. The number of benzene rings is 2. The number of fused-ring (bicyclic) bond motifs is 5. The number of hydrogen-bond acceptors (Lipinski definition) is 3. The summed E-state index contributed by atoms with van der Waals surface area (Å²) in [5, 5.41) is 0. The molecule has 0 amide bonds. The highest BCUT2D eigenvalue weighted by Gasteiger charge is 2.42. The molecule has 4 heteroatoms. The second-order valence-corrected chi connectivity index (χ2v) is 9.54. The van der Waals surface area contributed by atoms with Crippen molar-refractivity contribution in [3.8, 4) is 11.1 Å². The highest BCUT2D eigenvalue weighted by atomic mass is 16.1. The van der Waals surface area contributed by atoms with Gasteiger partial charge in [0.05, 0.1) is 11.0 Å². The average molecular weight is 400 g/mol. The van der Waals surface area contributed by atoms with Crippen molar-refractivity contribution in [2.45, 2.75) is 76.5 Å². The summed E-state index contributed by atoms with van der Waals surface area (Å²) in [6.45, 7) is 2.74. The Bertz CT molecular complexity index is 1110. The van der Waals surface area contributed by atoms with Gasteiger partial charge in [0, 0.05) is 37.5 Å². The standard InChI is InChI=1S/C26H29N3O/c1-17(30)13-18-5-7-19(8-6-18)20-9-12-25-24(14-20)27-26-15-22-10-11-23(16-28(25)26)29(22)21-3-2-4-21/h5-9,12,14,21-23H,2-4,10-11,13,15-16H2,1H3. The van der Waals surface area contributed by atoms with E-state index in [1.165, 1.54) is 54.6 Å². The molecule has 0 N–H and O–H groups in total. The molecule has 2 aromatic carbocycles. The van der Waals surface area contributed by atoms with Gasteiger partial charge in [-0.2, -0.15) is 0 Å². The van der Waals surface area contributed by atoms with Crippen molar-refractivity contribution in [3.05, 3.63) is 53.9 Å². The summed E-state index contributed by atoms with van der Waals surface area (Å²) < 4.78 is 2.50. The Morgan fingerprint density at radius 2 is 1.73 bits per heavy atom. The van der Waals surface area contributed by atoms with E-state index in [0.717, 1.165) is 30.1 Å². The summed E-state index contributed by atoms with van der Waals surface area (Å²) in [5.74, 6) is 1.48. The van der Waals surface area contributed by atoms with Crippen LogP contribution >= 0.6 is 0 Å². The second-order valence-electron chi connectivity index (χ2n) is 9.54. The number of imidazole rings is 1. The molecule has 2 atom stereocenters. The molecule has 1 aromatic heterocycles. The van der Waals surface area contributed by atoms with Gasteiger partial charge in [0.2, 0.25) is 0 Å². The smallest absolute Gasteiger partial charge is 0.134 e. The second kappa shape index (κ2) is 7.05. The summed E-state index contributed by atoms with van der Waals surface area (Å²) in [6.07, 6.45) is 8.47. The van der Waals surface area contributed by atoms with Crippen molar-refractivity contribution in [3.63, 3.8) is 0 Å². The van der Waals surface area contributed by atoms with Crippen molar-refractivity contribution in [1.82, 2.24) is 14.5 Å². The van der Waals surface area contributed by atoms with Crippen molar-refractivity contribution < 1.29 is 4.79 Å². The van der Waals surface area contributed by atoms with Crippen LogP contribution in [0.3, 0.4) is 0 Å². The zero-order chi connectivity index (χ0) is 20.2. The van der Waals surface area contributed by atoms with Crippen LogP contribution in [0, 0.1) is 0 Å². The van der Waals surface area contributed by atoms with E-state index in [1.54, 1.807) is 6.92 Å². The van der Waals surface area contributed by atoms with E-state index in [9.17, 15) is 4.79 Å². The van der Waals surface area contributed by atoms with Crippen molar-refractivity contribution in [1.29, 1.82) is 0 Å². The van der Waals surface area contributed by atoms with Gasteiger partial charge in [-0.05, 0) is 61.4 Å². The third-order valence-electron chi connectivity index (χ3n) is 7.55. The lowest BCUT2D eigenvalue weighted by atomic mass is 9.90. The number of carbonyl (C=O) groups excluding carboxylic acids is 1. The van der Waals surface area contributed by atoms with Gasteiger partial charge in [-0.1, -0.05) is 36.8 Å². The van der Waals surface area contributed by atoms with Gasteiger partial charge in [0.25, 0.3) is 0 Å². The summed E-state index contributed by atoms with van der Waals surface area (Å²) in [6, 6.07) is 17.3. The van der Waals surface area contributed by atoms with Crippen molar-refractivity contribution in [2.75, 3.05) is 0 Å². The van der Waals surface area contributed by atoms with Crippen LogP contribution in [0.5, 0.6) is 0 Å². The number of ketones is 1. The van der Waals surface area contributed by atoms with Crippen molar-refractivity contribution in [2.24, 2.45) is 0 Å². The normalized spacial score (nSPS) is 23.9. The van der Waals surface area contributed by atoms with Gasteiger partial charge in [-0.15, -0.1) is 0 Å². The number of aromatic nitrogens is 2. The first-order valence-electron chi connectivity index (χ1n) is 11.5. The van der Waals surface area contributed by atoms with Gasteiger partial charge >= 0.3 is 0 Å². The Hall–Kier alpha value is -2.46. The molecular formula is C26H29N3O. The third kappa shape index (κ3) is 3.01. The minimum absolute atomic E-state index is 0.202. The maximum Gasteiger partial charge on any atom is 0.134 e. The first-order chi connectivity index (χ1) is 14.7. The fourth-order valence-electron chi connectivity index (χ4n) is 5.90. The van der Waals surface area contributed by atoms with E-state index >= 15 is 0 Å². The summed E-state index contributed by atoms with van der Waals surface area (Å²) in [7, 11) is 0. The molecular weight excluding hydrogens is 370 g/mol. The zero-order valence-corrected chi connectivity index (χ0v) is 17.7. The van der Waals surface area contributed by atoms with Crippen LogP contribution in [-0.2, 0) is 24.2 Å². The van der Waals surface area contributed by atoms with E-state index in [4.69, 9.17) is 4.98 Å². The molecule has 1 saturated carbocycles. The Kier molecular flexibility index (Phi) is 4.31. The predicted molar refractivity (Wildman–Crippen MR) is 120 cm³/mol. The monoisotopic (exact) mass is 399 g/mol. The van der Waals surface area contributed by atoms with E-state index in [0.29, 0.717) is 18.5 Å². The van der Waals surface area contributed by atoms with Crippen LogP contribution in [0.25, 0.3) is 22.2 Å². The lowest BCUT2D eigenvalue weighted by molar-refractivity contribution is -0.116. The van der Waals surface area contributed by atoms with Gasteiger partial charge in [-0.3, -0.25) is 9.69 Å². The molecule has 6 rings (SSSR count).